The normalized spacial score (nSPS) is 12.1. The van der Waals surface area contributed by atoms with Crippen molar-refractivity contribution in [1.82, 2.24) is 4.90 Å². The van der Waals surface area contributed by atoms with E-state index in [1.807, 2.05) is 31.2 Å². The van der Waals surface area contributed by atoms with Crippen LogP contribution < -0.4 is 10.6 Å². The second-order valence-electron chi connectivity index (χ2n) is 4.57. The molecule has 4 heteroatoms. The minimum absolute atomic E-state index is 0.111. The molecule has 0 aliphatic heterocycles. The highest BCUT2D eigenvalue weighted by Crippen LogP contribution is 2.18. The molecule has 0 aromatic heterocycles. The maximum atomic E-state index is 12.0. The first-order valence-electron chi connectivity index (χ1n) is 6.28. The Morgan fingerprint density at radius 3 is 2.22 bits per heavy atom. The Kier molecular flexibility index (Phi) is 5.16. The lowest BCUT2D eigenvalue weighted by Crippen LogP contribution is -2.44. The van der Waals surface area contributed by atoms with Gasteiger partial charge in [-0.2, -0.15) is 0 Å². The molecule has 0 aliphatic carbocycles. The van der Waals surface area contributed by atoms with Crippen LogP contribution in [0.3, 0.4) is 0 Å². The highest BCUT2D eigenvalue weighted by molar-refractivity contribution is 5.84. The molecule has 100 valence electrons. The van der Waals surface area contributed by atoms with Crippen molar-refractivity contribution in [3.8, 4) is 0 Å². The van der Waals surface area contributed by atoms with Gasteiger partial charge in [0.1, 0.15) is 6.04 Å². The van der Waals surface area contributed by atoms with Gasteiger partial charge in [-0.15, -0.1) is 0 Å². The second-order valence-corrected chi connectivity index (χ2v) is 4.57. The topological polar surface area (TPSA) is 49.6 Å². The van der Waals surface area contributed by atoms with Crippen LogP contribution >= 0.6 is 0 Å². The molecule has 1 aromatic rings. The first-order valence-corrected chi connectivity index (χ1v) is 6.28. The van der Waals surface area contributed by atoms with E-state index in [0.29, 0.717) is 6.54 Å². The van der Waals surface area contributed by atoms with Crippen molar-refractivity contribution in [2.24, 2.45) is 5.73 Å². The van der Waals surface area contributed by atoms with E-state index in [1.165, 1.54) is 0 Å². The van der Waals surface area contributed by atoms with Crippen molar-refractivity contribution in [3.05, 3.63) is 29.8 Å². The first-order chi connectivity index (χ1) is 8.51. The number of carbonyl (C=O) groups is 1. The van der Waals surface area contributed by atoms with Gasteiger partial charge in [-0.3, -0.25) is 4.79 Å². The summed E-state index contributed by atoms with van der Waals surface area (Å²) in [5, 5.41) is 0. The lowest BCUT2D eigenvalue weighted by atomic mass is 10.1. The van der Waals surface area contributed by atoms with Crippen molar-refractivity contribution in [3.63, 3.8) is 0 Å². The van der Waals surface area contributed by atoms with Gasteiger partial charge in [0.25, 0.3) is 0 Å². The van der Waals surface area contributed by atoms with Gasteiger partial charge in [0.05, 0.1) is 0 Å². The number of hydrogen-bond acceptors (Lipinski definition) is 3. The van der Waals surface area contributed by atoms with Crippen molar-refractivity contribution in [1.29, 1.82) is 0 Å². The fourth-order valence-corrected chi connectivity index (χ4v) is 2.01. The number of carbonyl (C=O) groups excluding carboxylic acids is 1. The summed E-state index contributed by atoms with van der Waals surface area (Å²) >= 11 is 0. The average Bonchev–Trinajstić information content (AvgIpc) is 2.39. The number of anilines is 1. The summed E-state index contributed by atoms with van der Waals surface area (Å²) in [4.78, 5) is 15.7. The molecule has 1 amide bonds. The standard InChI is InChI=1S/C14H23N3O/c1-5-17(11(2)14(18)16(3)4)13-8-6-12(10-15)7-9-13/h6-9,11H,5,10,15H2,1-4H3. The van der Waals surface area contributed by atoms with Crippen molar-refractivity contribution < 1.29 is 4.79 Å². The van der Waals surface area contributed by atoms with E-state index in [4.69, 9.17) is 5.73 Å². The van der Waals surface area contributed by atoms with Gasteiger partial charge in [-0.25, -0.2) is 0 Å². The van der Waals surface area contributed by atoms with E-state index in [-0.39, 0.29) is 11.9 Å². The Hall–Kier alpha value is -1.55. The number of nitrogens with zero attached hydrogens (tertiary/aromatic N) is 2. The van der Waals surface area contributed by atoms with Crippen LogP contribution in [0, 0.1) is 0 Å². The maximum absolute atomic E-state index is 12.0. The lowest BCUT2D eigenvalue weighted by molar-refractivity contribution is -0.129. The Balaban J connectivity index is 2.91. The third-order valence-corrected chi connectivity index (χ3v) is 3.11. The minimum atomic E-state index is -0.159. The van der Waals surface area contributed by atoms with E-state index in [1.54, 1.807) is 19.0 Å². The second kappa shape index (κ2) is 6.40. The zero-order valence-electron chi connectivity index (χ0n) is 11.7. The molecule has 1 atom stereocenters. The number of hydrogen-bond donors (Lipinski definition) is 1. The minimum Gasteiger partial charge on any atom is -0.360 e. The molecular weight excluding hydrogens is 226 g/mol. The molecule has 0 fully saturated rings. The molecule has 0 spiro atoms. The molecule has 1 unspecified atom stereocenters. The van der Waals surface area contributed by atoms with Crippen LogP contribution in [0.5, 0.6) is 0 Å². The molecule has 0 heterocycles. The molecule has 1 rings (SSSR count). The van der Waals surface area contributed by atoms with E-state index in [2.05, 4.69) is 11.8 Å². The summed E-state index contributed by atoms with van der Waals surface area (Å²) in [6.45, 7) is 5.32. The molecule has 0 radical (unpaired) electrons. The van der Waals surface area contributed by atoms with E-state index in [0.717, 1.165) is 17.8 Å². The predicted octanol–water partition coefficient (Wildman–Crippen LogP) is 1.45. The van der Waals surface area contributed by atoms with Crippen LogP contribution in [-0.4, -0.2) is 37.5 Å². The number of benzene rings is 1. The molecule has 2 N–H and O–H groups in total. The largest absolute Gasteiger partial charge is 0.360 e. The lowest BCUT2D eigenvalue weighted by Gasteiger charge is -2.31. The number of nitrogens with two attached hydrogens (primary N) is 1. The van der Waals surface area contributed by atoms with Crippen molar-refractivity contribution >= 4 is 11.6 Å². The van der Waals surface area contributed by atoms with Crippen LogP contribution in [0.15, 0.2) is 24.3 Å². The predicted molar refractivity (Wildman–Crippen MR) is 75.5 cm³/mol. The van der Waals surface area contributed by atoms with Crippen LogP contribution in [0.4, 0.5) is 5.69 Å². The molecule has 1 aromatic carbocycles. The summed E-state index contributed by atoms with van der Waals surface area (Å²) < 4.78 is 0. The Labute approximate surface area is 109 Å². The smallest absolute Gasteiger partial charge is 0.244 e. The molecule has 0 bridgehead atoms. The van der Waals surface area contributed by atoms with Crippen LogP contribution in [0.25, 0.3) is 0 Å². The van der Waals surface area contributed by atoms with Gasteiger partial charge in [0.15, 0.2) is 0 Å². The zero-order chi connectivity index (χ0) is 13.7. The monoisotopic (exact) mass is 249 g/mol. The summed E-state index contributed by atoms with van der Waals surface area (Å²) in [5.74, 6) is 0.111. The van der Waals surface area contributed by atoms with Crippen molar-refractivity contribution in [2.75, 3.05) is 25.5 Å². The fraction of sp³-hybridized carbons (Fsp3) is 0.500. The van der Waals surface area contributed by atoms with Crippen LogP contribution in [-0.2, 0) is 11.3 Å². The quantitative estimate of drug-likeness (QED) is 0.859. The SMILES string of the molecule is CCN(c1ccc(CN)cc1)C(C)C(=O)N(C)C. The van der Waals surface area contributed by atoms with E-state index >= 15 is 0 Å². The molecule has 0 saturated carbocycles. The zero-order valence-corrected chi connectivity index (χ0v) is 11.7. The Morgan fingerprint density at radius 2 is 1.83 bits per heavy atom. The number of rotatable bonds is 5. The Morgan fingerprint density at radius 1 is 1.28 bits per heavy atom. The molecule has 0 saturated heterocycles. The highest BCUT2D eigenvalue weighted by atomic mass is 16.2. The van der Waals surface area contributed by atoms with Crippen LogP contribution in [0.2, 0.25) is 0 Å². The summed E-state index contributed by atoms with van der Waals surface area (Å²) in [5.41, 5.74) is 7.73. The van der Waals surface area contributed by atoms with Gasteiger partial charge >= 0.3 is 0 Å². The third-order valence-electron chi connectivity index (χ3n) is 3.11. The Bertz CT molecular complexity index is 387. The van der Waals surface area contributed by atoms with E-state index in [9.17, 15) is 4.79 Å². The van der Waals surface area contributed by atoms with Gasteiger partial charge in [0.2, 0.25) is 5.91 Å². The number of amides is 1. The van der Waals surface area contributed by atoms with Crippen LogP contribution in [0.1, 0.15) is 19.4 Å². The third kappa shape index (κ3) is 3.23. The summed E-state index contributed by atoms with van der Waals surface area (Å²) in [7, 11) is 3.56. The molecular formula is C14H23N3O. The highest BCUT2D eigenvalue weighted by Gasteiger charge is 2.21. The average molecular weight is 249 g/mol. The van der Waals surface area contributed by atoms with Gasteiger partial charge in [-0.1, -0.05) is 12.1 Å². The summed E-state index contributed by atoms with van der Waals surface area (Å²) in [6, 6.07) is 7.89. The fourth-order valence-electron chi connectivity index (χ4n) is 2.01. The maximum Gasteiger partial charge on any atom is 0.244 e. The van der Waals surface area contributed by atoms with E-state index < -0.39 is 0 Å². The molecule has 0 aliphatic rings. The molecule has 4 nitrogen and oxygen atoms in total. The first kappa shape index (κ1) is 14.5. The van der Waals surface area contributed by atoms with Gasteiger partial charge in [0, 0.05) is 32.9 Å². The van der Waals surface area contributed by atoms with Crippen molar-refractivity contribution in [2.45, 2.75) is 26.4 Å². The van der Waals surface area contributed by atoms with Gasteiger partial charge < -0.3 is 15.5 Å². The number of likely N-dealkylation sites (N-methyl/N-ethyl adjacent to an activating group) is 2. The molecule has 18 heavy (non-hydrogen) atoms. The summed E-state index contributed by atoms with van der Waals surface area (Å²) in [6.07, 6.45) is 0. The van der Waals surface area contributed by atoms with Gasteiger partial charge in [-0.05, 0) is 31.5 Å².